The summed E-state index contributed by atoms with van der Waals surface area (Å²) in [6.45, 7) is 5.72. The fourth-order valence-electron chi connectivity index (χ4n) is 1.92. The predicted octanol–water partition coefficient (Wildman–Crippen LogP) is 3.29. The molecule has 0 saturated carbocycles. The van der Waals surface area contributed by atoms with Gasteiger partial charge in [0.25, 0.3) is 0 Å². The van der Waals surface area contributed by atoms with Crippen LogP contribution in [-0.4, -0.2) is 18.4 Å². The fraction of sp³-hybridized carbons (Fsp3) is 0.467. The molecule has 0 radical (unpaired) electrons. The van der Waals surface area contributed by atoms with Gasteiger partial charge >= 0.3 is 5.97 Å². The van der Waals surface area contributed by atoms with E-state index in [0.717, 1.165) is 5.56 Å². The third kappa shape index (κ3) is 4.67. The zero-order valence-corrected chi connectivity index (χ0v) is 12.2. The van der Waals surface area contributed by atoms with Crippen molar-refractivity contribution in [2.75, 3.05) is 6.61 Å². The van der Waals surface area contributed by atoms with Gasteiger partial charge in [0.15, 0.2) is 5.78 Å². The van der Waals surface area contributed by atoms with Gasteiger partial charge in [-0.15, -0.1) is 0 Å². The summed E-state index contributed by atoms with van der Waals surface area (Å²) in [5, 5.41) is 0.627. The minimum atomic E-state index is -0.698. The van der Waals surface area contributed by atoms with E-state index in [4.69, 9.17) is 16.3 Å². The van der Waals surface area contributed by atoms with Gasteiger partial charge < -0.3 is 4.74 Å². The first-order valence-electron chi connectivity index (χ1n) is 6.39. The van der Waals surface area contributed by atoms with Crippen LogP contribution in [0.15, 0.2) is 24.3 Å². The largest absolute Gasteiger partial charge is 0.465 e. The third-order valence-corrected chi connectivity index (χ3v) is 3.10. The van der Waals surface area contributed by atoms with E-state index in [1.807, 2.05) is 13.8 Å². The molecule has 0 aliphatic heterocycles. The van der Waals surface area contributed by atoms with Crippen molar-refractivity contribution in [1.29, 1.82) is 0 Å². The number of carbonyl (C=O) groups is 2. The lowest BCUT2D eigenvalue weighted by Crippen LogP contribution is -2.31. The van der Waals surface area contributed by atoms with Crippen molar-refractivity contribution in [2.24, 2.45) is 11.8 Å². The van der Waals surface area contributed by atoms with Gasteiger partial charge in [0.1, 0.15) is 5.92 Å². The van der Waals surface area contributed by atoms with Crippen LogP contribution in [0.5, 0.6) is 0 Å². The van der Waals surface area contributed by atoms with E-state index < -0.39 is 11.9 Å². The molecule has 0 amide bonds. The topological polar surface area (TPSA) is 43.4 Å². The third-order valence-electron chi connectivity index (χ3n) is 2.85. The molecule has 3 nitrogen and oxygen atoms in total. The number of hydrogen-bond acceptors (Lipinski definition) is 3. The molecule has 1 unspecified atom stereocenters. The van der Waals surface area contributed by atoms with E-state index in [-0.39, 0.29) is 24.7 Å². The molecule has 0 heterocycles. The van der Waals surface area contributed by atoms with Crippen molar-refractivity contribution in [3.05, 3.63) is 34.9 Å². The van der Waals surface area contributed by atoms with Gasteiger partial charge in [-0.3, -0.25) is 9.59 Å². The maximum absolute atomic E-state index is 12.2. The molecule has 1 aromatic carbocycles. The van der Waals surface area contributed by atoms with Crippen LogP contribution in [0.25, 0.3) is 0 Å². The van der Waals surface area contributed by atoms with Crippen LogP contribution in [0, 0.1) is 11.8 Å². The van der Waals surface area contributed by atoms with E-state index >= 15 is 0 Å². The number of carbonyl (C=O) groups excluding carboxylic acids is 2. The number of ketones is 1. The Kier molecular flexibility index (Phi) is 6.03. The SMILES string of the molecule is CCOC(=O)C(C(=O)Cc1ccc(Cl)cc1)C(C)C. The van der Waals surface area contributed by atoms with Crippen molar-refractivity contribution in [1.82, 2.24) is 0 Å². The molecule has 0 fully saturated rings. The Morgan fingerprint density at radius 3 is 2.26 bits per heavy atom. The van der Waals surface area contributed by atoms with Crippen LogP contribution in [-0.2, 0) is 20.7 Å². The van der Waals surface area contributed by atoms with Gasteiger partial charge in [0.2, 0.25) is 0 Å². The summed E-state index contributed by atoms with van der Waals surface area (Å²) in [6, 6.07) is 7.06. The second-order valence-electron chi connectivity index (χ2n) is 4.74. The summed E-state index contributed by atoms with van der Waals surface area (Å²) in [5.41, 5.74) is 0.851. The average molecular weight is 283 g/mol. The zero-order chi connectivity index (χ0) is 14.4. The summed E-state index contributed by atoms with van der Waals surface area (Å²) in [6.07, 6.45) is 0.221. The molecule has 104 valence electrons. The summed E-state index contributed by atoms with van der Waals surface area (Å²) in [7, 11) is 0. The van der Waals surface area contributed by atoms with Crippen molar-refractivity contribution in [3.8, 4) is 0 Å². The van der Waals surface area contributed by atoms with E-state index in [9.17, 15) is 9.59 Å². The van der Waals surface area contributed by atoms with Crippen LogP contribution in [0.2, 0.25) is 5.02 Å². The summed E-state index contributed by atoms with van der Waals surface area (Å²) < 4.78 is 4.96. The number of rotatable bonds is 6. The maximum atomic E-state index is 12.2. The van der Waals surface area contributed by atoms with E-state index in [1.54, 1.807) is 31.2 Å². The fourth-order valence-corrected chi connectivity index (χ4v) is 2.05. The Morgan fingerprint density at radius 2 is 1.79 bits per heavy atom. The van der Waals surface area contributed by atoms with Crippen molar-refractivity contribution in [2.45, 2.75) is 27.2 Å². The lowest BCUT2D eigenvalue weighted by Gasteiger charge is -2.17. The molecule has 1 aromatic rings. The number of esters is 1. The molecule has 0 spiro atoms. The van der Waals surface area contributed by atoms with Gasteiger partial charge in [-0.1, -0.05) is 37.6 Å². The highest BCUT2D eigenvalue weighted by Crippen LogP contribution is 2.18. The Hall–Kier alpha value is -1.35. The lowest BCUT2D eigenvalue weighted by atomic mass is 9.88. The smallest absolute Gasteiger partial charge is 0.316 e. The zero-order valence-electron chi connectivity index (χ0n) is 11.5. The molecule has 0 saturated heterocycles. The molecule has 0 aliphatic rings. The first-order valence-corrected chi connectivity index (χ1v) is 6.77. The Balaban J connectivity index is 2.77. The molecule has 0 bridgehead atoms. The summed E-state index contributed by atoms with van der Waals surface area (Å²) in [4.78, 5) is 24.0. The molecule has 0 N–H and O–H groups in total. The van der Waals surface area contributed by atoms with Crippen LogP contribution in [0.1, 0.15) is 26.3 Å². The average Bonchev–Trinajstić information content (AvgIpc) is 2.32. The van der Waals surface area contributed by atoms with Crippen LogP contribution in [0.3, 0.4) is 0 Å². The highest BCUT2D eigenvalue weighted by atomic mass is 35.5. The number of benzene rings is 1. The molecule has 4 heteroatoms. The standard InChI is InChI=1S/C15H19ClO3/c1-4-19-15(18)14(10(2)3)13(17)9-11-5-7-12(16)8-6-11/h5-8,10,14H,4,9H2,1-3H3. The van der Waals surface area contributed by atoms with Gasteiger partial charge in [-0.05, 0) is 30.5 Å². The number of Topliss-reactive ketones (excluding diaryl/α,β-unsaturated/α-hetero) is 1. The highest BCUT2D eigenvalue weighted by molar-refractivity contribution is 6.30. The molecule has 1 atom stereocenters. The monoisotopic (exact) mass is 282 g/mol. The normalized spacial score (nSPS) is 12.3. The van der Waals surface area contributed by atoms with Gasteiger partial charge in [-0.25, -0.2) is 0 Å². The first-order chi connectivity index (χ1) is 8.95. The van der Waals surface area contributed by atoms with E-state index in [1.165, 1.54) is 0 Å². The Labute approximate surface area is 118 Å². The molecular formula is C15H19ClO3. The van der Waals surface area contributed by atoms with Crippen LogP contribution >= 0.6 is 11.6 Å². The highest BCUT2D eigenvalue weighted by Gasteiger charge is 2.30. The minimum Gasteiger partial charge on any atom is -0.465 e. The first kappa shape index (κ1) is 15.7. The van der Waals surface area contributed by atoms with Gasteiger partial charge in [0.05, 0.1) is 6.61 Å². The van der Waals surface area contributed by atoms with E-state index in [0.29, 0.717) is 5.02 Å². The van der Waals surface area contributed by atoms with Gasteiger partial charge in [-0.2, -0.15) is 0 Å². The number of hydrogen-bond donors (Lipinski definition) is 0. The Bertz CT molecular complexity index is 437. The predicted molar refractivity (Wildman–Crippen MR) is 75.1 cm³/mol. The summed E-state index contributed by atoms with van der Waals surface area (Å²) in [5.74, 6) is -1.32. The molecular weight excluding hydrogens is 264 g/mol. The van der Waals surface area contributed by atoms with E-state index in [2.05, 4.69) is 0 Å². The molecule has 0 aromatic heterocycles. The van der Waals surface area contributed by atoms with Crippen LogP contribution in [0.4, 0.5) is 0 Å². The minimum absolute atomic E-state index is 0.0705. The van der Waals surface area contributed by atoms with Gasteiger partial charge in [0, 0.05) is 11.4 Å². The quantitative estimate of drug-likeness (QED) is 0.594. The van der Waals surface area contributed by atoms with Crippen LogP contribution < -0.4 is 0 Å². The Morgan fingerprint density at radius 1 is 1.21 bits per heavy atom. The maximum Gasteiger partial charge on any atom is 0.316 e. The second kappa shape index (κ2) is 7.29. The second-order valence-corrected chi connectivity index (χ2v) is 5.18. The van der Waals surface area contributed by atoms with Crippen molar-refractivity contribution >= 4 is 23.4 Å². The lowest BCUT2D eigenvalue weighted by molar-refractivity contribution is -0.153. The van der Waals surface area contributed by atoms with Crippen molar-refractivity contribution in [3.63, 3.8) is 0 Å². The molecule has 0 aliphatic carbocycles. The van der Waals surface area contributed by atoms with Crippen molar-refractivity contribution < 1.29 is 14.3 Å². The molecule has 19 heavy (non-hydrogen) atoms. The number of ether oxygens (including phenoxy) is 1. The summed E-state index contributed by atoms with van der Waals surface area (Å²) >= 11 is 5.79. The molecule has 1 rings (SSSR count). The number of halogens is 1.